The molecule has 0 spiro atoms. The van der Waals surface area contributed by atoms with Gasteiger partial charge in [0, 0.05) is 0 Å². The van der Waals surface area contributed by atoms with Crippen LogP contribution in [0, 0.1) is 5.41 Å². The molecule has 2 rings (SSSR count). The van der Waals surface area contributed by atoms with Crippen LogP contribution in [0.3, 0.4) is 0 Å². The van der Waals surface area contributed by atoms with Gasteiger partial charge in [0.2, 0.25) is 0 Å². The number of hydrogen-bond acceptors (Lipinski definition) is 2. The van der Waals surface area contributed by atoms with Crippen LogP contribution in [0.4, 0.5) is 0 Å². The molecule has 0 saturated carbocycles. The van der Waals surface area contributed by atoms with E-state index in [1.165, 1.54) is 11.3 Å². The molecule has 0 aromatic heterocycles. The van der Waals surface area contributed by atoms with Crippen LogP contribution in [0.15, 0.2) is 16.6 Å². The van der Waals surface area contributed by atoms with Crippen LogP contribution in [-0.2, 0) is 0 Å². The summed E-state index contributed by atoms with van der Waals surface area (Å²) in [6, 6.07) is 0.454. The first kappa shape index (κ1) is 8.95. The molecule has 1 fully saturated rings. The molecule has 1 unspecified atom stereocenters. The zero-order valence-corrected chi connectivity index (χ0v) is 8.72. The lowest BCUT2D eigenvalue weighted by atomic mass is 9.79. The largest absolute Gasteiger partial charge is 0.308 e. The highest BCUT2D eigenvalue weighted by Crippen LogP contribution is 2.28. The number of rotatable bonds is 0. The Morgan fingerprint density at radius 1 is 1.46 bits per heavy atom. The number of hydrogen-bond donors (Lipinski definition) is 1. The molecule has 0 aromatic rings. The molecule has 0 bridgehead atoms. The van der Waals surface area contributed by atoms with Crippen molar-refractivity contribution in [3.63, 3.8) is 0 Å². The van der Waals surface area contributed by atoms with E-state index in [2.05, 4.69) is 37.2 Å². The van der Waals surface area contributed by atoms with E-state index in [-0.39, 0.29) is 5.41 Å². The average molecular weight is 178 g/mol. The fraction of sp³-hybridized carbons (Fsp3) is 0.727. The van der Waals surface area contributed by atoms with E-state index < -0.39 is 0 Å². The summed E-state index contributed by atoms with van der Waals surface area (Å²) in [5.41, 5.74) is 3.08. The van der Waals surface area contributed by atoms with Gasteiger partial charge in [-0.3, -0.25) is 4.99 Å². The summed E-state index contributed by atoms with van der Waals surface area (Å²) in [6.45, 7) is 8.82. The predicted molar refractivity (Wildman–Crippen MR) is 56.2 cm³/mol. The molecule has 0 aromatic carbocycles. The van der Waals surface area contributed by atoms with Crippen molar-refractivity contribution in [3.8, 4) is 0 Å². The van der Waals surface area contributed by atoms with Gasteiger partial charge < -0.3 is 5.32 Å². The van der Waals surface area contributed by atoms with Crippen LogP contribution < -0.4 is 5.32 Å². The Balaban J connectivity index is 2.25. The molecule has 2 aliphatic heterocycles. The molecular formula is C11H18N2. The van der Waals surface area contributed by atoms with Crippen LogP contribution >= 0.6 is 0 Å². The van der Waals surface area contributed by atoms with Crippen LogP contribution in [0.25, 0.3) is 0 Å². The normalized spacial score (nSPS) is 28.1. The first-order valence-corrected chi connectivity index (χ1v) is 5.06. The maximum absolute atomic E-state index is 4.57. The van der Waals surface area contributed by atoms with Crippen LogP contribution in [0.5, 0.6) is 0 Å². The molecule has 2 heterocycles. The summed E-state index contributed by atoms with van der Waals surface area (Å²) >= 11 is 0. The molecule has 2 aliphatic rings. The first-order chi connectivity index (χ1) is 6.09. The lowest BCUT2D eigenvalue weighted by Gasteiger charge is -2.36. The molecular weight excluding hydrogens is 160 g/mol. The van der Waals surface area contributed by atoms with Gasteiger partial charge in [0.15, 0.2) is 0 Å². The van der Waals surface area contributed by atoms with Gasteiger partial charge >= 0.3 is 0 Å². The molecule has 0 radical (unpaired) electrons. The van der Waals surface area contributed by atoms with Crippen molar-refractivity contribution in [2.45, 2.75) is 33.2 Å². The van der Waals surface area contributed by atoms with Gasteiger partial charge in [0.05, 0.1) is 18.3 Å². The third kappa shape index (κ3) is 1.55. The highest BCUT2D eigenvalue weighted by molar-refractivity contribution is 6.06. The van der Waals surface area contributed by atoms with E-state index in [0.717, 1.165) is 19.5 Å². The molecule has 1 atom stereocenters. The smallest absolute Gasteiger partial charge is 0.0580 e. The second kappa shape index (κ2) is 2.95. The predicted octanol–water partition coefficient (Wildman–Crippen LogP) is 1.78. The Kier molecular flexibility index (Phi) is 2.03. The van der Waals surface area contributed by atoms with Gasteiger partial charge in [0.25, 0.3) is 0 Å². The van der Waals surface area contributed by atoms with Crippen molar-refractivity contribution in [3.05, 3.63) is 11.6 Å². The average Bonchev–Trinajstić information content (AvgIpc) is 2.48. The number of nitrogens with one attached hydrogen (secondary N) is 1. The molecule has 0 amide bonds. The summed E-state index contributed by atoms with van der Waals surface area (Å²) in [5, 5.41) is 3.56. The van der Waals surface area contributed by atoms with Crippen molar-refractivity contribution < 1.29 is 0 Å². The van der Waals surface area contributed by atoms with Crippen LogP contribution in [0.1, 0.15) is 27.2 Å². The quantitative estimate of drug-likeness (QED) is 0.600. The van der Waals surface area contributed by atoms with Crippen molar-refractivity contribution in [1.82, 2.24) is 5.32 Å². The van der Waals surface area contributed by atoms with E-state index in [1.54, 1.807) is 0 Å². The maximum Gasteiger partial charge on any atom is 0.0580 e. The monoisotopic (exact) mass is 178 g/mol. The highest BCUT2D eigenvalue weighted by Gasteiger charge is 2.34. The van der Waals surface area contributed by atoms with E-state index in [9.17, 15) is 0 Å². The minimum absolute atomic E-state index is 0.280. The van der Waals surface area contributed by atoms with Gasteiger partial charge in [-0.25, -0.2) is 0 Å². The van der Waals surface area contributed by atoms with Crippen LogP contribution in [0.2, 0.25) is 0 Å². The van der Waals surface area contributed by atoms with Gasteiger partial charge in [-0.15, -0.1) is 0 Å². The summed E-state index contributed by atoms with van der Waals surface area (Å²) in [7, 11) is 0. The van der Waals surface area contributed by atoms with Crippen LogP contribution in [-0.4, -0.2) is 24.8 Å². The van der Waals surface area contributed by atoms with Crippen molar-refractivity contribution >= 4 is 5.71 Å². The fourth-order valence-electron chi connectivity index (χ4n) is 2.13. The van der Waals surface area contributed by atoms with Gasteiger partial charge in [-0.1, -0.05) is 26.8 Å². The Hall–Kier alpha value is -0.630. The fourth-order valence-corrected chi connectivity index (χ4v) is 2.13. The zero-order valence-electron chi connectivity index (χ0n) is 8.72. The number of piperidine rings is 1. The molecule has 2 nitrogen and oxygen atoms in total. The number of nitrogens with zero attached hydrogens (tertiary/aromatic N) is 1. The third-order valence-corrected chi connectivity index (χ3v) is 2.81. The third-order valence-electron chi connectivity index (χ3n) is 2.81. The second-order valence-corrected chi connectivity index (χ2v) is 4.96. The summed E-state index contributed by atoms with van der Waals surface area (Å²) < 4.78 is 0. The molecule has 1 N–H and O–H groups in total. The van der Waals surface area contributed by atoms with Crippen molar-refractivity contribution in [2.75, 3.05) is 13.1 Å². The second-order valence-electron chi connectivity index (χ2n) is 4.96. The molecule has 2 heteroatoms. The maximum atomic E-state index is 4.57. The van der Waals surface area contributed by atoms with Crippen molar-refractivity contribution in [1.29, 1.82) is 0 Å². The van der Waals surface area contributed by atoms with Gasteiger partial charge in [0.1, 0.15) is 0 Å². The number of fused-ring (bicyclic) bond motifs is 1. The summed E-state index contributed by atoms with van der Waals surface area (Å²) in [5.74, 6) is 0. The lowest BCUT2D eigenvalue weighted by molar-refractivity contribution is 0.325. The van der Waals surface area contributed by atoms with E-state index in [0.29, 0.717) is 6.04 Å². The summed E-state index contributed by atoms with van der Waals surface area (Å²) in [6.07, 6.45) is 3.43. The molecule has 1 saturated heterocycles. The molecule has 13 heavy (non-hydrogen) atoms. The zero-order chi connectivity index (χ0) is 9.47. The Morgan fingerprint density at radius 3 is 2.92 bits per heavy atom. The minimum Gasteiger partial charge on any atom is -0.308 e. The van der Waals surface area contributed by atoms with Gasteiger partial charge in [-0.05, 0) is 24.0 Å². The SMILES string of the molecule is CC(C)(C)C1NCCC2=CCN=C21. The Morgan fingerprint density at radius 2 is 2.23 bits per heavy atom. The minimum atomic E-state index is 0.280. The lowest BCUT2D eigenvalue weighted by Crippen LogP contribution is -2.50. The standard InChI is InChI=1S/C11H18N2/c1-11(2,3)10-9-8(4-6-12-9)5-7-13-10/h4,10,13H,5-7H2,1-3H3. The van der Waals surface area contributed by atoms with Gasteiger partial charge in [-0.2, -0.15) is 0 Å². The van der Waals surface area contributed by atoms with E-state index in [4.69, 9.17) is 0 Å². The first-order valence-electron chi connectivity index (χ1n) is 5.06. The van der Waals surface area contributed by atoms with Crippen molar-refractivity contribution in [2.24, 2.45) is 10.4 Å². The Labute approximate surface area is 80.1 Å². The Bertz CT molecular complexity index is 268. The summed E-state index contributed by atoms with van der Waals surface area (Å²) in [4.78, 5) is 4.57. The molecule has 0 aliphatic carbocycles. The van der Waals surface area contributed by atoms with E-state index in [1.807, 2.05) is 0 Å². The number of aliphatic imine (C=N–C) groups is 1. The highest BCUT2D eigenvalue weighted by atomic mass is 15.0. The molecule has 72 valence electrons. The van der Waals surface area contributed by atoms with E-state index >= 15 is 0 Å². The topological polar surface area (TPSA) is 24.4 Å².